The molecule has 4 rings (SSSR count). The van der Waals surface area contributed by atoms with Crippen LogP contribution in [0.25, 0.3) is 0 Å². The predicted octanol–water partition coefficient (Wildman–Crippen LogP) is 1.08. The minimum absolute atomic E-state index is 0.0972. The monoisotopic (exact) mass is 403 g/mol. The van der Waals surface area contributed by atoms with Gasteiger partial charge in [-0.3, -0.25) is 19.5 Å². The van der Waals surface area contributed by atoms with E-state index in [-0.39, 0.29) is 24.1 Å². The van der Waals surface area contributed by atoms with Crippen LogP contribution >= 0.6 is 0 Å². The van der Waals surface area contributed by atoms with Crippen molar-refractivity contribution < 1.29 is 24.2 Å². The van der Waals surface area contributed by atoms with Crippen LogP contribution in [0.5, 0.6) is 5.75 Å². The average molecular weight is 403 g/mol. The summed E-state index contributed by atoms with van der Waals surface area (Å²) in [5, 5.41) is 9.65. The number of cyclic esters (lactones) is 1. The lowest BCUT2D eigenvalue weighted by atomic mass is 9.76. The van der Waals surface area contributed by atoms with Gasteiger partial charge >= 0.3 is 5.97 Å². The highest BCUT2D eigenvalue weighted by Gasteiger charge is 2.51. The van der Waals surface area contributed by atoms with Crippen molar-refractivity contribution in [1.29, 1.82) is 0 Å². The molecule has 3 fully saturated rings. The van der Waals surface area contributed by atoms with Crippen LogP contribution in [0.15, 0.2) is 18.3 Å². The fourth-order valence-electron chi connectivity index (χ4n) is 4.69. The molecule has 3 aliphatic rings. The van der Waals surface area contributed by atoms with Gasteiger partial charge < -0.3 is 19.5 Å². The lowest BCUT2D eigenvalue weighted by Gasteiger charge is -2.36. The van der Waals surface area contributed by atoms with Crippen LogP contribution in [0.2, 0.25) is 0 Å². The number of aliphatic hydroxyl groups excluding tert-OH is 1. The van der Waals surface area contributed by atoms with Gasteiger partial charge in [-0.2, -0.15) is 0 Å². The first-order valence-corrected chi connectivity index (χ1v) is 10.4. The molecule has 0 saturated carbocycles. The minimum atomic E-state index is -0.474. The zero-order valence-corrected chi connectivity index (χ0v) is 16.9. The Kier molecular flexibility index (Phi) is 5.74. The molecule has 1 N–H and O–H groups in total. The number of amides is 1. The maximum Gasteiger partial charge on any atom is 0.312 e. The second-order valence-corrected chi connectivity index (χ2v) is 8.42. The average Bonchev–Trinajstić information content (AvgIpc) is 3.04. The molecule has 1 aromatic heterocycles. The minimum Gasteiger partial charge on any atom is -0.497 e. The van der Waals surface area contributed by atoms with E-state index in [1.165, 1.54) is 0 Å². The Balaban J connectivity index is 1.33. The number of piperidine rings is 2. The molecule has 8 heteroatoms. The lowest BCUT2D eigenvalue weighted by molar-refractivity contribution is -0.151. The molecular formula is C21H29N3O5. The van der Waals surface area contributed by atoms with Gasteiger partial charge in [0.1, 0.15) is 17.5 Å². The third-order valence-corrected chi connectivity index (χ3v) is 6.54. The first-order chi connectivity index (χ1) is 14.0. The Morgan fingerprint density at radius 1 is 1.31 bits per heavy atom. The van der Waals surface area contributed by atoms with Crippen LogP contribution in [0, 0.1) is 5.41 Å². The summed E-state index contributed by atoms with van der Waals surface area (Å²) in [6, 6.07) is 3.35. The highest BCUT2D eigenvalue weighted by molar-refractivity contribution is 5.93. The molecule has 8 nitrogen and oxygen atoms in total. The number of carbonyl (C=O) groups excluding carboxylic acids is 2. The highest BCUT2D eigenvalue weighted by Crippen LogP contribution is 2.43. The molecule has 3 saturated heterocycles. The summed E-state index contributed by atoms with van der Waals surface area (Å²) >= 11 is 0. The van der Waals surface area contributed by atoms with E-state index in [9.17, 15) is 14.7 Å². The van der Waals surface area contributed by atoms with Crippen LogP contribution in [-0.2, 0) is 9.53 Å². The maximum absolute atomic E-state index is 12.8. The molecule has 0 aromatic carbocycles. The van der Waals surface area contributed by atoms with Crippen molar-refractivity contribution in [3.8, 4) is 5.75 Å². The SMILES string of the molecule is COc1ccnc(C(=O)N2CCC3(CC2)CC(CN2CCC(O)CC2)OC3=O)c1. The van der Waals surface area contributed by atoms with Crippen LogP contribution in [0.3, 0.4) is 0 Å². The Morgan fingerprint density at radius 2 is 2.03 bits per heavy atom. The lowest BCUT2D eigenvalue weighted by Crippen LogP contribution is -2.45. The molecule has 0 aliphatic carbocycles. The Hall–Kier alpha value is -2.19. The topological polar surface area (TPSA) is 92.2 Å². The first kappa shape index (κ1) is 20.1. The zero-order chi connectivity index (χ0) is 20.4. The van der Waals surface area contributed by atoms with Crippen molar-refractivity contribution in [3.63, 3.8) is 0 Å². The van der Waals surface area contributed by atoms with Crippen molar-refractivity contribution in [1.82, 2.24) is 14.8 Å². The van der Waals surface area contributed by atoms with E-state index in [0.29, 0.717) is 43.8 Å². The number of aromatic nitrogens is 1. The van der Waals surface area contributed by atoms with Crippen LogP contribution < -0.4 is 4.74 Å². The number of pyridine rings is 1. The fourth-order valence-corrected chi connectivity index (χ4v) is 4.69. The van der Waals surface area contributed by atoms with E-state index in [0.717, 1.165) is 32.5 Å². The molecule has 1 atom stereocenters. The molecule has 3 aliphatic heterocycles. The van der Waals surface area contributed by atoms with Crippen molar-refractivity contribution in [2.24, 2.45) is 5.41 Å². The second-order valence-electron chi connectivity index (χ2n) is 8.42. The Labute approximate surface area is 170 Å². The number of aliphatic hydroxyl groups is 1. The van der Waals surface area contributed by atoms with Gasteiger partial charge in [-0.15, -0.1) is 0 Å². The van der Waals surface area contributed by atoms with E-state index in [2.05, 4.69) is 9.88 Å². The molecule has 1 aromatic rings. The summed E-state index contributed by atoms with van der Waals surface area (Å²) in [5.41, 5.74) is -0.113. The van der Waals surface area contributed by atoms with Crippen LogP contribution in [0.4, 0.5) is 0 Å². The second kappa shape index (κ2) is 8.28. The normalized spacial score (nSPS) is 25.2. The number of nitrogens with zero attached hydrogens (tertiary/aromatic N) is 3. The number of hydrogen-bond acceptors (Lipinski definition) is 7. The molecule has 1 amide bonds. The smallest absolute Gasteiger partial charge is 0.312 e. The number of hydrogen-bond donors (Lipinski definition) is 1. The third kappa shape index (κ3) is 4.23. The summed E-state index contributed by atoms with van der Waals surface area (Å²) in [4.78, 5) is 33.6. The highest BCUT2D eigenvalue weighted by atomic mass is 16.6. The van der Waals surface area contributed by atoms with Crippen LogP contribution in [-0.4, -0.2) is 83.8 Å². The van der Waals surface area contributed by atoms with Crippen LogP contribution in [0.1, 0.15) is 42.6 Å². The predicted molar refractivity (Wildman–Crippen MR) is 105 cm³/mol. The molecule has 0 bridgehead atoms. The molecular weight excluding hydrogens is 374 g/mol. The molecule has 158 valence electrons. The quantitative estimate of drug-likeness (QED) is 0.752. The van der Waals surface area contributed by atoms with Gasteiger partial charge in [0.15, 0.2) is 0 Å². The largest absolute Gasteiger partial charge is 0.497 e. The van der Waals surface area contributed by atoms with Gasteiger partial charge in [-0.25, -0.2) is 0 Å². The van der Waals surface area contributed by atoms with Crippen molar-refractivity contribution in [2.75, 3.05) is 39.8 Å². The standard InChI is InChI=1S/C21H29N3O5/c1-28-16-2-7-22-18(12-16)19(26)24-10-5-21(6-11-24)13-17(29-20(21)27)14-23-8-3-15(25)4-9-23/h2,7,12,15,17,25H,3-6,8-11,13-14H2,1H3. The Bertz CT molecular complexity index is 754. The van der Waals surface area contributed by atoms with Crippen molar-refractivity contribution in [2.45, 2.75) is 44.3 Å². The summed E-state index contributed by atoms with van der Waals surface area (Å²) < 4.78 is 10.9. The van der Waals surface area contributed by atoms with Gasteiger partial charge in [0.25, 0.3) is 5.91 Å². The van der Waals surface area contributed by atoms with E-state index in [4.69, 9.17) is 9.47 Å². The molecule has 4 heterocycles. The van der Waals surface area contributed by atoms with Crippen molar-refractivity contribution in [3.05, 3.63) is 24.0 Å². The number of rotatable bonds is 4. The van der Waals surface area contributed by atoms with Crippen molar-refractivity contribution >= 4 is 11.9 Å². The number of ether oxygens (including phenoxy) is 2. The maximum atomic E-state index is 12.8. The summed E-state index contributed by atoms with van der Waals surface area (Å²) in [7, 11) is 1.56. The third-order valence-electron chi connectivity index (χ3n) is 6.54. The van der Waals surface area contributed by atoms with E-state index in [1.54, 1.807) is 30.3 Å². The number of likely N-dealkylation sites (tertiary alicyclic amines) is 2. The van der Waals surface area contributed by atoms with E-state index < -0.39 is 5.41 Å². The molecule has 1 spiro atoms. The summed E-state index contributed by atoms with van der Waals surface area (Å²) in [5.74, 6) is 0.351. The number of esters is 1. The first-order valence-electron chi connectivity index (χ1n) is 10.4. The number of methoxy groups -OCH3 is 1. The van der Waals surface area contributed by atoms with Gasteiger partial charge in [-0.05, 0) is 31.7 Å². The summed E-state index contributed by atoms with van der Waals surface area (Å²) in [6.07, 6.45) is 4.78. The fraction of sp³-hybridized carbons (Fsp3) is 0.667. The van der Waals surface area contributed by atoms with Gasteiger partial charge in [0.05, 0.1) is 18.6 Å². The Morgan fingerprint density at radius 3 is 2.72 bits per heavy atom. The zero-order valence-electron chi connectivity index (χ0n) is 16.9. The van der Waals surface area contributed by atoms with E-state index >= 15 is 0 Å². The molecule has 1 unspecified atom stereocenters. The van der Waals surface area contributed by atoms with E-state index in [1.807, 2.05) is 0 Å². The van der Waals surface area contributed by atoms with Gasteiger partial charge in [-0.1, -0.05) is 0 Å². The van der Waals surface area contributed by atoms with Gasteiger partial charge in [0.2, 0.25) is 0 Å². The summed E-state index contributed by atoms with van der Waals surface area (Å²) in [6.45, 7) is 3.47. The molecule has 0 radical (unpaired) electrons. The van der Waals surface area contributed by atoms with Gasteiger partial charge in [0, 0.05) is 51.4 Å². The molecule has 29 heavy (non-hydrogen) atoms. The number of carbonyl (C=O) groups is 2.